The van der Waals surface area contributed by atoms with Gasteiger partial charge in [-0.25, -0.2) is 0 Å². The van der Waals surface area contributed by atoms with Gasteiger partial charge in [0.15, 0.2) is 0 Å². The summed E-state index contributed by atoms with van der Waals surface area (Å²) in [5.41, 5.74) is 1.98. The van der Waals surface area contributed by atoms with E-state index < -0.39 is 0 Å². The van der Waals surface area contributed by atoms with Gasteiger partial charge in [0.1, 0.15) is 23.8 Å². The van der Waals surface area contributed by atoms with Crippen molar-refractivity contribution in [3.05, 3.63) is 71.8 Å². The predicted octanol–water partition coefficient (Wildman–Crippen LogP) is 0.297. The van der Waals surface area contributed by atoms with Crippen LogP contribution in [-0.2, 0) is 20.4 Å². The molecule has 1 aliphatic heterocycles. The van der Waals surface area contributed by atoms with Crippen LogP contribution in [0.4, 0.5) is 0 Å². The summed E-state index contributed by atoms with van der Waals surface area (Å²) in [4.78, 5) is 9.99. The van der Waals surface area contributed by atoms with Crippen LogP contribution in [0, 0.1) is 6.08 Å². The van der Waals surface area contributed by atoms with Crippen molar-refractivity contribution in [1.29, 1.82) is 0 Å². The summed E-state index contributed by atoms with van der Waals surface area (Å²) in [5.74, 6) is 0. The lowest BCUT2D eigenvalue weighted by atomic mass is 10.2. The molecule has 1 unspecified atom stereocenters. The molecule has 1 aromatic carbocycles. The molecule has 0 aromatic heterocycles. The Kier molecular flexibility index (Phi) is 12.1. The van der Waals surface area contributed by atoms with Gasteiger partial charge in [-0.15, -0.1) is 0 Å². The molecule has 1 aliphatic carbocycles. The fourth-order valence-corrected chi connectivity index (χ4v) is 1.39. The maximum absolute atomic E-state index is 9.99. The van der Waals surface area contributed by atoms with Crippen LogP contribution in [0.5, 0.6) is 0 Å². The highest BCUT2D eigenvalue weighted by molar-refractivity contribution is 7.94. The first-order valence-corrected chi connectivity index (χ1v) is 9.15. The molecule has 1 aromatic rings. The first-order valence-electron chi connectivity index (χ1n) is 6.70. The number of aldehydes is 1. The number of rotatable bonds is 2. The standard InChI is InChI=1S/C8H8O.C7H5O.C3H9S.HI/c1-2-4-7(5-3-1)8-6-9-8;8-6-7-4-2-1-3-5-7;1-4(2)3;/h1-5,8H,6H2;1-2,4-6H;1-3H3;1H/q;2*+1;/p-1. The molecule has 1 saturated heterocycles. The van der Waals surface area contributed by atoms with E-state index in [1.165, 1.54) is 5.56 Å². The summed E-state index contributed by atoms with van der Waals surface area (Å²) in [6.07, 6.45) is 17.5. The van der Waals surface area contributed by atoms with Crippen molar-refractivity contribution >= 4 is 17.2 Å². The van der Waals surface area contributed by atoms with Crippen LogP contribution in [0.3, 0.4) is 0 Å². The number of ether oxygens (including phenoxy) is 1. The Bertz CT molecular complexity index is 500. The average Bonchev–Trinajstić information content (AvgIpc) is 3.34. The van der Waals surface area contributed by atoms with Gasteiger partial charge in [-0.1, -0.05) is 30.3 Å². The van der Waals surface area contributed by atoms with Crippen molar-refractivity contribution in [2.45, 2.75) is 6.10 Å². The second-order valence-electron chi connectivity index (χ2n) is 4.91. The molecule has 118 valence electrons. The molecule has 0 N–H and O–H groups in total. The number of halogens is 1. The minimum atomic E-state index is 0. The monoisotopic (exact) mass is 429 g/mol. The van der Waals surface area contributed by atoms with E-state index in [0.717, 1.165) is 12.9 Å². The molecular formula is C18H22IO2S+. The Morgan fingerprint density at radius 1 is 1.23 bits per heavy atom. The Labute approximate surface area is 153 Å². The number of hydrogen-bond acceptors (Lipinski definition) is 2. The third-order valence-electron chi connectivity index (χ3n) is 2.37. The summed E-state index contributed by atoms with van der Waals surface area (Å²) in [7, 11) is 0.639. The third-order valence-corrected chi connectivity index (χ3v) is 2.37. The highest BCUT2D eigenvalue weighted by Gasteiger charge is 2.23. The number of epoxide rings is 1. The molecule has 4 heteroatoms. The van der Waals surface area contributed by atoms with Crippen LogP contribution in [0.15, 0.2) is 60.2 Å². The van der Waals surface area contributed by atoms with Crippen LogP contribution in [0.1, 0.15) is 11.7 Å². The fraction of sp³-hybridized carbons (Fsp3) is 0.278. The Morgan fingerprint density at radius 2 is 1.82 bits per heavy atom. The Balaban J connectivity index is 0.000000317. The normalized spacial score (nSPS) is 16.7. The van der Waals surface area contributed by atoms with Crippen molar-refractivity contribution in [2.24, 2.45) is 0 Å². The van der Waals surface area contributed by atoms with Gasteiger partial charge in [-0.2, -0.15) is 0 Å². The lowest BCUT2D eigenvalue weighted by Gasteiger charge is -1.89. The molecule has 22 heavy (non-hydrogen) atoms. The molecule has 1 fully saturated rings. The largest absolute Gasteiger partial charge is 1.00 e. The van der Waals surface area contributed by atoms with Gasteiger partial charge in [0.25, 0.3) is 0 Å². The van der Waals surface area contributed by atoms with E-state index >= 15 is 0 Å². The van der Waals surface area contributed by atoms with E-state index in [-0.39, 0.29) is 24.0 Å². The van der Waals surface area contributed by atoms with Crippen molar-refractivity contribution < 1.29 is 33.5 Å². The molecule has 2 aliphatic rings. The van der Waals surface area contributed by atoms with Gasteiger partial charge in [-0.3, -0.25) is 4.79 Å². The van der Waals surface area contributed by atoms with Gasteiger partial charge in [0.05, 0.1) is 31.5 Å². The lowest BCUT2D eigenvalue weighted by molar-refractivity contribution is -0.104. The van der Waals surface area contributed by atoms with E-state index in [4.69, 9.17) is 4.74 Å². The van der Waals surface area contributed by atoms with Crippen LogP contribution in [-0.4, -0.2) is 31.7 Å². The smallest absolute Gasteiger partial charge is 0.206 e. The summed E-state index contributed by atoms with van der Waals surface area (Å²) >= 11 is 0. The topological polar surface area (TPSA) is 29.6 Å². The number of carbonyl (C=O) groups is 1. The highest BCUT2D eigenvalue weighted by atomic mass is 127. The molecule has 1 heterocycles. The second-order valence-corrected chi connectivity index (χ2v) is 7.36. The van der Waals surface area contributed by atoms with Gasteiger partial charge in [0.2, 0.25) is 6.29 Å². The average molecular weight is 429 g/mol. The SMILES string of the molecule is C[S+](C)C.O=CC1=CC=C[C+]=C1.[I-].c1ccc(C2CO2)cc1. The molecule has 2 nitrogen and oxygen atoms in total. The first-order chi connectivity index (χ1) is 10.1. The molecule has 0 bridgehead atoms. The maximum atomic E-state index is 9.99. The van der Waals surface area contributed by atoms with Gasteiger partial charge in [-0.05, 0) is 16.5 Å². The quantitative estimate of drug-likeness (QED) is 0.223. The van der Waals surface area contributed by atoms with Crippen molar-refractivity contribution in [3.63, 3.8) is 0 Å². The number of allylic oxidation sites excluding steroid dienone is 6. The maximum Gasteiger partial charge on any atom is 0.206 e. The summed E-state index contributed by atoms with van der Waals surface area (Å²) in [6, 6.07) is 10.3. The van der Waals surface area contributed by atoms with Crippen LogP contribution >= 0.6 is 0 Å². The van der Waals surface area contributed by atoms with Crippen LogP contribution < -0.4 is 24.0 Å². The van der Waals surface area contributed by atoms with E-state index in [1.807, 2.05) is 18.2 Å². The molecule has 0 spiro atoms. The second kappa shape index (κ2) is 12.6. The number of hydrogen-bond donors (Lipinski definition) is 0. The highest BCUT2D eigenvalue weighted by Crippen LogP contribution is 2.28. The van der Waals surface area contributed by atoms with E-state index in [0.29, 0.717) is 22.6 Å². The van der Waals surface area contributed by atoms with E-state index in [9.17, 15) is 4.79 Å². The number of carbonyl (C=O) groups excluding carboxylic acids is 1. The summed E-state index contributed by atoms with van der Waals surface area (Å²) in [6.45, 7) is 0.907. The van der Waals surface area contributed by atoms with E-state index in [2.05, 4.69) is 37.0 Å². The van der Waals surface area contributed by atoms with Crippen molar-refractivity contribution in [2.75, 3.05) is 25.4 Å². The minimum Gasteiger partial charge on any atom is -1.00 e. The van der Waals surface area contributed by atoms with Crippen molar-refractivity contribution in [1.82, 2.24) is 0 Å². The fourth-order valence-electron chi connectivity index (χ4n) is 1.39. The van der Waals surface area contributed by atoms with Gasteiger partial charge in [0, 0.05) is 12.2 Å². The number of benzene rings is 1. The lowest BCUT2D eigenvalue weighted by Crippen LogP contribution is -3.00. The zero-order valence-electron chi connectivity index (χ0n) is 13.2. The third kappa shape index (κ3) is 10.7. The molecular weight excluding hydrogens is 407 g/mol. The summed E-state index contributed by atoms with van der Waals surface area (Å²) in [5, 5.41) is 0. The predicted molar refractivity (Wildman–Crippen MR) is 91.4 cm³/mol. The van der Waals surface area contributed by atoms with Gasteiger partial charge >= 0.3 is 0 Å². The van der Waals surface area contributed by atoms with Crippen LogP contribution in [0.2, 0.25) is 0 Å². The first kappa shape index (κ1) is 21.1. The zero-order valence-corrected chi connectivity index (χ0v) is 16.1. The minimum absolute atomic E-state index is 0. The van der Waals surface area contributed by atoms with Crippen LogP contribution in [0.25, 0.3) is 0 Å². The summed E-state index contributed by atoms with van der Waals surface area (Å²) < 4.78 is 5.09. The van der Waals surface area contributed by atoms with Gasteiger partial charge < -0.3 is 28.7 Å². The molecule has 0 radical (unpaired) electrons. The molecule has 0 saturated carbocycles. The molecule has 0 amide bonds. The Morgan fingerprint density at radius 3 is 2.18 bits per heavy atom. The van der Waals surface area contributed by atoms with E-state index in [1.54, 1.807) is 24.3 Å². The van der Waals surface area contributed by atoms with Crippen molar-refractivity contribution in [3.8, 4) is 0 Å². The Hall–Kier alpha value is -0.940. The molecule has 3 rings (SSSR count). The molecule has 1 atom stereocenters. The zero-order chi connectivity index (χ0) is 15.5.